The van der Waals surface area contributed by atoms with Crippen LogP contribution in [0.5, 0.6) is 0 Å². The van der Waals surface area contributed by atoms with Crippen molar-refractivity contribution in [2.24, 2.45) is 0 Å². The molecular formula is C18H26N4O4S. The summed E-state index contributed by atoms with van der Waals surface area (Å²) in [5.74, 6) is 1.03. The minimum atomic E-state index is -2.97. The number of carbonyl (C=O) groups is 1. The van der Waals surface area contributed by atoms with Crippen LogP contribution < -0.4 is 0 Å². The molecule has 0 N–H and O–H groups in total. The van der Waals surface area contributed by atoms with Crippen molar-refractivity contribution in [2.75, 3.05) is 38.3 Å². The molecule has 1 fully saturated rings. The van der Waals surface area contributed by atoms with Crippen LogP contribution in [0.2, 0.25) is 0 Å². The fourth-order valence-electron chi connectivity index (χ4n) is 3.45. The molecule has 148 valence electrons. The van der Waals surface area contributed by atoms with Crippen LogP contribution in [0.25, 0.3) is 11.2 Å². The number of aryl methyl sites for hydroxylation is 1. The normalized spacial score (nSPS) is 17.9. The van der Waals surface area contributed by atoms with Crippen molar-refractivity contribution in [1.29, 1.82) is 0 Å². The second-order valence-corrected chi connectivity index (χ2v) is 9.24. The number of aromatic nitrogens is 3. The SMILES string of the molecule is COC[C@@H](C)n1c(CCCC(=O)N2CCS(=O)(=O)CC2)nc2cccnc21. The van der Waals surface area contributed by atoms with Gasteiger partial charge < -0.3 is 14.2 Å². The molecule has 2 aromatic heterocycles. The predicted molar refractivity (Wildman–Crippen MR) is 102 cm³/mol. The van der Waals surface area contributed by atoms with Crippen LogP contribution in [-0.4, -0.2) is 72.1 Å². The Bertz CT molecular complexity index is 895. The monoisotopic (exact) mass is 394 g/mol. The summed E-state index contributed by atoms with van der Waals surface area (Å²) in [6.45, 7) is 3.21. The molecule has 9 heteroatoms. The van der Waals surface area contributed by atoms with E-state index in [0.29, 0.717) is 39.0 Å². The molecule has 1 atom stereocenters. The Kier molecular flexibility index (Phi) is 6.11. The maximum absolute atomic E-state index is 12.4. The summed E-state index contributed by atoms with van der Waals surface area (Å²) in [7, 11) is -1.31. The van der Waals surface area contributed by atoms with Crippen LogP contribution >= 0.6 is 0 Å². The van der Waals surface area contributed by atoms with E-state index in [1.807, 2.05) is 12.1 Å². The maximum atomic E-state index is 12.4. The molecule has 0 aliphatic carbocycles. The second kappa shape index (κ2) is 8.35. The van der Waals surface area contributed by atoms with Crippen molar-refractivity contribution in [2.45, 2.75) is 32.2 Å². The molecule has 27 heavy (non-hydrogen) atoms. The molecule has 1 aliphatic heterocycles. The Morgan fingerprint density at radius 3 is 2.78 bits per heavy atom. The molecule has 3 rings (SSSR count). The van der Waals surface area contributed by atoms with Gasteiger partial charge in [0.15, 0.2) is 15.5 Å². The van der Waals surface area contributed by atoms with Gasteiger partial charge in [0.05, 0.1) is 24.2 Å². The average molecular weight is 394 g/mol. The molecule has 0 saturated carbocycles. The highest BCUT2D eigenvalue weighted by Crippen LogP contribution is 2.21. The molecule has 0 radical (unpaired) electrons. The number of methoxy groups -OCH3 is 1. The van der Waals surface area contributed by atoms with Crippen molar-refractivity contribution in [3.05, 3.63) is 24.2 Å². The maximum Gasteiger partial charge on any atom is 0.222 e. The highest BCUT2D eigenvalue weighted by molar-refractivity contribution is 7.91. The van der Waals surface area contributed by atoms with Gasteiger partial charge in [0.1, 0.15) is 11.3 Å². The summed E-state index contributed by atoms with van der Waals surface area (Å²) >= 11 is 0. The Hall–Kier alpha value is -2.00. The van der Waals surface area contributed by atoms with E-state index >= 15 is 0 Å². The summed E-state index contributed by atoms with van der Waals surface area (Å²) < 4.78 is 30.3. The molecule has 1 saturated heterocycles. The number of hydrogen-bond acceptors (Lipinski definition) is 6. The largest absolute Gasteiger partial charge is 0.383 e. The number of hydrogen-bond donors (Lipinski definition) is 0. The minimum Gasteiger partial charge on any atom is -0.383 e. The molecule has 0 aromatic carbocycles. The predicted octanol–water partition coefficient (Wildman–Crippen LogP) is 1.22. The Balaban J connectivity index is 1.65. The summed E-state index contributed by atoms with van der Waals surface area (Å²) in [6.07, 6.45) is 3.44. The number of pyridine rings is 1. The smallest absolute Gasteiger partial charge is 0.222 e. The topological polar surface area (TPSA) is 94.4 Å². The highest BCUT2D eigenvalue weighted by Gasteiger charge is 2.25. The Labute approximate surface area is 159 Å². The number of fused-ring (bicyclic) bond motifs is 1. The van der Waals surface area contributed by atoms with Gasteiger partial charge in [-0.05, 0) is 25.5 Å². The van der Waals surface area contributed by atoms with Crippen LogP contribution in [-0.2, 0) is 25.8 Å². The molecule has 1 amide bonds. The average Bonchev–Trinajstić information content (AvgIpc) is 3.00. The first-order chi connectivity index (χ1) is 12.9. The van der Waals surface area contributed by atoms with Gasteiger partial charge in [-0.15, -0.1) is 0 Å². The number of ether oxygens (including phenoxy) is 1. The van der Waals surface area contributed by atoms with Crippen LogP contribution in [0.15, 0.2) is 18.3 Å². The van der Waals surface area contributed by atoms with Crippen LogP contribution in [0.1, 0.15) is 31.6 Å². The summed E-state index contributed by atoms with van der Waals surface area (Å²) in [5.41, 5.74) is 1.66. The molecule has 3 heterocycles. The number of amides is 1. The molecular weight excluding hydrogens is 368 g/mol. The zero-order chi connectivity index (χ0) is 19.4. The molecule has 1 aliphatic rings. The molecule has 0 spiro atoms. The van der Waals surface area contributed by atoms with Gasteiger partial charge in [-0.25, -0.2) is 18.4 Å². The number of rotatable bonds is 7. The van der Waals surface area contributed by atoms with Gasteiger partial charge in [0, 0.05) is 39.2 Å². The third-order valence-corrected chi connectivity index (χ3v) is 6.47. The van der Waals surface area contributed by atoms with Gasteiger partial charge in [0.2, 0.25) is 5.91 Å². The van der Waals surface area contributed by atoms with Crippen LogP contribution in [0, 0.1) is 0 Å². The lowest BCUT2D eigenvalue weighted by atomic mass is 10.2. The van der Waals surface area contributed by atoms with Gasteiger partial charge >= 0.3 is 0 Å². The fourth-order valence-corrected chi connectivity index (χ4v) is 4.65. The van der Waals surface area contributed by atoms with Crippen LogP contribution in [0.4, 0.5) is 0 Å². The summed E-state index contributed by atoms with van der Waals surface area (Å²) in [5, 5.41) is 0. The lowest BCUT2D eigenvalue weighted by Gasteiger charge is -2.26. The number of imidazole rings is 1. The first-order valence-electron chi connectivity index (χ1n) is 9.20. The summed E-state index contributed by atoms with van der Waals surface area (Å²) in [4.78, 5) is 23.1. The molecule has 8 nitrogen and oxygen atoms in total. The van der Waals surface area contributed by atoms with Gasteiger partial charge in [0.25, 0.3) is 0 Å². The standard InChI is InChI=1S/C18H26N4O4S/c1-14(13-26-2)22-16(20-15-5-4-8-19-18(15)22)6-3-7-17(23)21-9-11-27(24,25)12-10-21/h4-5,8,14H,3,6-7,9-13H2,1-2H3/t14-/m1/s1. The van der Waals surface area contributed by atoms with E-state index in [1.165, 1.54) is 0 Å². The van der Waals surface area contributed by atoms with Crippen molar-refractivity contribution >= 4 is 26.9 Å². The van der Waals surface area contributed by atoms with E-state index in [9.17, 15) is 13.2 Å². The minimum absolute atomic E-state index is 0.00984. The van der Waals surface area contributed by atoms with E-state index in [4.69, 9.17) is 4.74 Å². The van der Waals surface area contributed by atoms with Crippen molar-refractivity contribution in [3.8, 4) is 0 Å². The third kappa shape index (κ3) is 4.65. The lowest BCUT2D eigenvalue weighted by Crippen LogP contribution is -2.43. The van der Waals surface area contributed by atoms with E-state index in [-0.39, 0.29) is 23.5 Å². The first kappa shape index (κ1) is 19.8. The fraction of sp³-hybridized carbons (Fsp3) is 0.611. The van der Waals surface area contributed by atoms with Gasteiger partial charge in [-0.2, -0.15) is 0 Å². The second-order valence-electron chi connectivity index (χ2n) is 6.93. The summed E-state index contributed by atoms with van der Waals surface area (Å²) in [6, 6.07) is 3.88. The zero-order valence-electron chi connectivity index (χ0n) is 15.8. The third-order valence-electron chi connectivity index (χ3n) is 4.86. The highest BCUT2D eigenvalue weighted by atomic mass is 32.2. The number of sulfone groups is 1. The van der Waals surface area contributed by atoms with Crippen molar-refractivity contribution in [3.63, 3.8) is 0 Å². The quantitative estimate of drug-likeness (QED) is 0.701. The van der Waals surface area contributed by atoms with E-state index in [1.54, 1.807) is 18.2 Å². The molecule has 0 bridgehead atoms. The van der Waals surface area contributed by atoms with Crippen molar-refractivity contribution < 1.29 is 17.9 Å². The van der Waals surface area contributed by atoms with Gasteiger partial charge in [-0.3, -0.25) is 4.79 Å². The van der Waals surface area contributed by atoms with E-state index in [2.05, 4.69) is 21.5 Å². The lowest BCUT2D eigenvalue weighted by molar-refractivity contribution is -0.130. The van der Waals surface area contributed by atoms with Crippen molar-refractivity contribution in [1.82, 2.24) is 19.4 Å². The zero-order valence-corrected chi connectivity index (χ0v) is 16.6. The molecule has 2 aromatic rings. The Morgan fingerprint density at radius 1 is 1.33 bits per heavy atom. The van der Waals surface area contributed by atoms with E-state index < -0.39 is 9.84 Å². The molecule has 0 unspecified atom stereocenters. The first-order valence-corrected chi connectivity index (χ1v) is 11.0. The van der Waals surface area contributed by atoms with E-state index in [0.717, 1.165) is 17.0 Å². The number of carbonyl (C=O) groups excluding carboxylic acids is 1. The number of nitrogens with zero attached hydrogens (tertiary/aromatic N) is 4. The van der Waals surface area contributed by atoms with Crippen LogP contribution in [0.3, 0.4) is 0 Å². The Morgan fingerprint density at radius 2 is 2.07 bits per heavy atom. The van der Waals surface area contributed by atoms with Gasteiger partial charge in [-0.1, -0.05) is 0 Å².